The summed E-state index contributed by atoms with van der Waals surface area (Å²) in [4.78, 5) is 12.3. The summed E-state index contributed by atoms with van der Waals surface area (Å²) in [5.74, 6) is -0.0373. The molecule has 0 fully saturated rings. The number of rotatable bonds is 6. The summed E-state index contributed by atoms with van der Waals surface area (Å²) in [5, 5.41) is 3.14. The summed E-state index contributed by atoms with van der Waals surface area (Å²) < 4.78 is 27.0. The third-order valence-corrected chi connectivity index (χ3v) is 5.50. The lowest BCUT2D eigenvalue weighted by atomic mass is 10.0. The Hall–Kier alpha value is -1.89. The molecule has 2 aromatic carbocycles. The Bertz CT molecular complexity index is 832. The predicted octanol–water partition coefficient (Wildman–Crippen LogP) is 3.77. The van der Waals surface area contributed by atoms with E-state index in [1.54, 1.807) is 12.1 Å². The molecule has 7 heteroatoms. The van der Waals surface area contributed by atoms with Crippen molar-refractivity contribution in [2.75, 3.05) is 5.32 Å². The SMILES string of the molecule is CC(C)c1ccc(NC(=O)[C@@H](C)NS(=O)(=O)c2ccc(Cl)cc2)cc1. The molecule has 1 amide bonds. The zero-order chi connectivity index (χ0) is 18.6. The van der Waals surface area contributed by atoms with Crippen LogP contribution in [0.3, 0.4) is 0 Å². The lowest BCUT2D eigenvalue weighted by Crippen LogP contribution is -2.41. The number of amides is 1. The first-order valence-corrected chi connectivity index (χ1v) is 9.74. The zero-order valence-corrected chi connectivity index (χ0v) is 15.9. The van der Waals surface area contributed by atoms with Crippen molar-refractivity contribution in [3.8, 4) is 0 Å². The van der Waals surface area contributed by atoms with Crippen LogP contribution in [0, 0.1) is 0 Å². The molecule has 5 nitrogen and oxygen atoms in total. The molecule has 2 N–H and O–H groups in total. The number of hydrogen-bond acceptors (Lipinski definition) is 3. The Labute approximate surface area is 153 Å². The fourth-order valence-electron chi connectivity index (χ4n) is 2.17. The van der Waals surface area contributed by atoms with Gasteiger partial charge in [-0.3, -0.25) is 4.79 Å². The molecule has 2 rings (SSSR count). The molecule has 0 saturated heterocycles. The average molecular weight is 381 g/mol. The highest BCUT2D eigenvalue weighted by molar-refractivity contribution is 7.89. The monoisotopic (exact) mass is 380 g/mol. The van der Waals surface area contributed by atoms with Gasteiger partial charge in [-0.1, -0.05) is 37.6 Å². The van der Waals surface area contributed by atoms with Crippen LogP contribution in [-0.2, 0) is 14.8 Å². The molecule has 0 saturated carbocycles. The summed E-state index contributed by atoms with van der Waals surface area (Å²) in [6, 6.07) is 12.3. The normalized spacial score (nSPS) is 12.8. The van der Waals surface area contributed by atoms with E-state index in [4.69, 9.17) is 11.6 Å². The van der Waals surface area contributed by atoms with E-state index >= 15 is 0 Å². The van der Waals surface area contributed by atoms with E-state index in [0.717, 1.165) is 5.56 Å². The number of sulfonamides is 1. The largest absolute Gasteiger partial charge is 0.325 e. The molecule has 2 aromatic rings. The van der Waals surface area contributed by atoms with E-state index in [0.29, 0.717) is 16.6 Å². The molecule has 0 aliphatic heterocycles. The highest BCUT2D eigenvalue weighted by Crippen LogP contribution is 2.18. The van der Waals surface area contributed by atoms with Crippen LogP contribution in [0.4, 0.5) is 5.69 Å². The minimum absolute atomic E-state index is 0.0536. The molecule has 0 aromatic heterocycles. The van der Waals surface area contributed by atoms with E-state index in [1.807, 2.05) is 12.1 Å². The van der Waals surface area contributed by atoms with Gasteiger partial charge in [-0.25, -0.2) is 8.42 Å². The maximum atomic E-state index is 12.3. The number of carbonyl (C=O) groups is 1. The van der Waals surface area contributed by atoms with Crippen molar-refractivity contribution in [3.05, 3.63) is 59.1 Å². The van der Waals surface area contributed by atoms with Crippen LogP contribution < -0.4 is 10.0 Å². The molecule has 0 heterocycles. The first kappa shape index (κ1) is 19.4. The summed E-state index contributed by atoms with van der Waals surface area (Å²) >= 11 is 5.76. The van der Waals surface area contributed by atoms with Crippen molar-refractivity contribution < 1.29 is 13.2 Å². The Morgan fingerprint density at radius 2 is 1.52 bits per heavy atom. The minimum atomic E-state index is -3.80. The van der Waals surface area contributed by atoms with Gasteiger partial charge in [-0.05, 0) is 54.8 Å². The van der Waals surface area contributed by atoms with Gasteiger partial charge in [0.1, 0.15) is 0 Å². The van der Waals surface area contributed by atoms with Crippen molar-refractivity contribution in [3.63, 3.8) is 0 Å². The minimum Gasteiger partial charge on any atom is -0.325 e. The third kappa shape index (κ3) is 5.29. The highest BCUT2D eigenvalue weighted by Gasteiger charge is 2.22. The van der Waals surface area contributed by atoms with Crippen molar-refractivity contribution in [1.29, 1.82) is 0 Å². The lowest BCUT2D eigenvalue weighted by molar-refractivity contribution is -0.117. The predicted molar refractivity (Wildman–Crippen MR) is 100 cm³/mol. The molecule has 0 spiro atoms. The Balaban J connectivity index is 2.03. The molecule has 134 valence electrons. The topological polar surface area (TPSA) is 75.3 Å². The van der Waals surface area contributed by atoms with Gasteiger partial charge < -0.3 is 5.32 Å². The van der Waals surface area contributed by atoms with Gasteiger partial charge in [0.05, 0.1) is 10.9 Å². The van der Waals surface area contributed by atoms with Gasteiger partial charge in [0.15, 0.2) is 0 Å². The number of anilines is 1. The molecule has 0 radical (unpaired) electrons. The maximum Gasteiger partial charge on any atom is 0.242 e. The molecule has 0 aliphatic rings. The molecular formula is C18H21ClN2O3S. The fraction of sp³-hybridized carbons (Fsp3) is 0.278. The van der Waals surface area contributed by atoms with Gasteiger partial charge in [-0.15, -0.1) is 0 Å². The second-order valence-corrected chi connectivity index (χ2v) is 8.21. The Kier molecular flexibility index (Phi) is 6.21. The van der Waals surface area contributed by atoms with E-state index in [2.05, 4.69) is 23.9 Å². The van der Waals surface area contributed by atoms with Crippen LogP contribution >= 0.6 is 11.6 Å². The van der Waals surface area contributed by atoms with Gasteiger partial charge in [0.25, 0.3) is 0 Å². The Morgan fingerprint density at radius 3 is 2.04 bits per heavy atom. The van der Waals surface area contributed by atoms with Crippen molar-refractivity contribution in [2.45, 2.75) is 37.6 Å². The first-order chi connectivity index (χ1) is 11.7. The van der Waals surface area contributed by atoms with Crippen LogP contribution in [0.2, 0.25) is 5.02 Å². The molecular weight excluding hydrogens is 360 g/mol. The van der Waals surface area contributed by atoms with Crippen molar-refractivity contribution in [1.82, 2.24) is 4.72 Å². The highest BCUT2D eigenvalue weighted by atomic mass is 35.5. The van der Waals surface area contributed by atoms with Crippen LogP contribution in [0.15, 0.2) is 53.4 Å². The summed E-state index contributed by atoms with van der Waals surface area (Å²) in [6.07, 6.45) is 0. The summed E-state index contributed by atoms with van der Waals surface area (Å²) in [6.45, 7) is 5.66. The fourth-order valence-corrected chi connectivity index (χ4v) is 3.50. The van der Waals surface area contributed by atoms with Gasteiger partial charge in [-0.2, -0.15) is 4.72 Å². The van der Waals surface area contributed by atoms with Crippen molar-refractivity contribution >= 4 is 33.2 Å². The number of hydrogen-bond donors (Lipinski definition) is 2. The van der Waals surface area contributed by atoms with Gasteiger partial charge in [0.2, 0.25) is 15.9 Å². The van der Waals surface area contributed by atoms with Crippen LogP contribution in [0.25, 0.3) is 0 Å². The third-order valence-electron chi connectivity index (χ3n) is 3.69. The molecule has 0 aliphatic carbocycles. The van der Waals surface area contributed by atoms with Crippen LogP contribution in [0.1, 0.15) is 32.3 Å². The number of carbonyl (C=O) groups excluding carboxylic acids is 1. The number of nitrogens with one attached hydrogen (secondary N) is 2. The average Bonchev–Trinajstić information content (AvgIpc) is 2.55. The molecule has 0 unspecified atom stereocenters. The molecule has 1 atom stereocenters. The van der Waals surface area contributed by atoms with Gasteiger partial charge >= 0.3 is 0 Å². The zero-order valence-electron chi connectivity index (χ0n) is 14.3. The molecule has 25 heavy (non-hydrogen) atoms. The lowest BCUT2D eigenvalue weighted by Gasteiger charge is -2.15. The number of benzene rings is 2. The van der Waals surface area contributed by atoms with Gasteiger partial charge in [0, 0.05) is 10.7 Å². The standard InChI is InChI=1S/C18H21ClN2O3S/c1-12(2)14-4-8-16(9-5-14)20-18(22)13(3)21-25(23,24)17-10-6-15(19)7-11-17/h4-13,21H,1-3H3,(H,20,22)/t13-/m1/s1. The summed E-state index contributed by atoms with van der Waals surface area (Å²) in [7, 11) is -3.80. The smallest absolute Gasteiger partial charge is 0.242 e. The van der Waals surface area contributed by atoms with Crippen molar-refractivity contribution in [2.24, 2.45) is 0 Å². The summed E-state index contributed by atoms with van der Waals surface area (Å²) in [5.41, 5.74) is 1.78. The van der Waals surface area contributed by atoms with E-state index < -0.39 is 22.0 Å². The van der Waals surface area contributed by atoms with Crippen LogP contribution in [0.5, 0.6) is 0 Å². The maximum absolute atomic E-state index is 12.3. The first-order valence-electron chi connectivity index (χ1n) is 7.88. The molecule has 0 bridgehead atoms. The van der Waals surface area contributed by atoms with Crippen LogP contribution in [-0.4, -0.2) is 20.4 Å². The second-order valence-electron chi connectivity index (χ2n) is 6.06. The van der Waals surface area contributed by atoms with E-state index in [9.17, 15) is 13.2 Å². The van der Waals surface area contributed by atoms with E-state index in [-0.39, 0.29) is 4.90 Å². The Morgan fingerprint density at radius 1 is 0.960 bits per heavy atom. The second kappa shape index (κ2) is 7.99. The quantitative estimate of drug-likeness (QED) is 0.800. The van der Waals surface area contributed by atoms with E-state index in [1.165, 1.54) is 31.2 Å². The number of halogens is 1.